The van der Waals surface area contributed by atoms with E-state index in [9.17, 15) is 9.59 Å². The average Bonchev–Trinajstić information content (AvgIpc) is 3.40. The van der Waals surface area contributed by atoms with Crippen molar-refractivity contribution in [3.63, 3.8) is 0 Å². The van der Waals surface area contributed by atoms with E-state index in [1.165, 1.54) is 6.20 Å². The van der Waals surface area contributed by atoms with Gasteiger partial charge in [-0.25, -0.2) is 4.98 Å². The van der Waals surface area contributed by atoms with Gasteiger partial charge in [-0.1, -0.05) is 42.0 Å². The molecule has 11 heteroatoms. The Morgan fingerprint density at radius 2 is 1.33 bits per heavy atom. The largest absolute Gasteiger partial charge is 0.368 e. The Morgan fingerprint density at radius 3 is 1.95 bits per heavy atom. The number of nitrogens with zero attached hydrogens (tertiary/aromatic N) is 1. The van der Waals surface area contributed by atoms with Crippen LogP contribution >= 0.6 is 48.8 Å². The van der Waals surface area contributed by atoms with Crippen molar-refractivity contribution in [2.24, 2.45) is 0 Å². The van der Waals surface area contributed by atoms with E-state index < -0.39 is 0 Å². The van der Waals surface area contributed by atoms with E-state index in [4.69, 9.17) is 11.6 Å². The summed E-state index contributed by atoms with van der Waals surface area (Å²) in [5.74, 6) is -0.250. The summed E-state index contributed by atoms with van der Waals surface area (Å²) < 4.78 is 0. The molecule has 3 heterocycles. The van der Waals surface area contributed by atoms with Crippen LogP contribution in [0.25, 0.3) is 11.1 Å². The lowest BCUT2D eigenvalue weighted by atomic mass is 9.87. The molecule has 0 spiro atoms. The van der Waals surface area contributed by atoms with E-state index in [-0.39, 0.29) is 49.0 Å². The van der Waals surface area contributed by atoms with Crippen molar-refractivity contribution in [3.05, 3.63) is 149 Å². The molecule has 1 aromatic heterocycles. The van der Waals surface area contributed by atoms with E-state index in [1.54, 1.807) is 61.2 Å². The maximum atomic E-state index is 13.7. The normalized spacial score (nSPS) is 12.8. The molecule has 2 aliphatic heterocycles. The molecule has 0 saturated carbocycles. The molecule has 2 aliphatic rings. The molecule has 5 rings (SSSR count). The highest BCUT2D eigenvalue weighted by Gasteiger charge is 2.24. The van der Waals surface area contributed by atoms with Gasteiger partial charge in [0.05, 0.1) is 5.02 Å². The molecule has 2 aromatic carbocycles. The van der Waals surface area contributed by atoms with Crippen molar-refractivity contribution in [2.45, 2.75) is 0 Å². The summed E-state index contributed by atoms with van der Waals surface area (Å²) in [6, 6.07) is 15.7. The van der Waals surface area contributed by atoms with Crippen molar-refractivity contribution in [3.8, 4) is 0 Å². The Bertz CT molecular complexity index is 1600. The van der Waals surface area contributed by atoms with Crippen LogP contribution in [0.4, 0.5) is 11.5 Å². The van der Waals surface area contributed by atoms with Crippen LogP contribution in [-0.2, 0) is 0 Å². The van der Waals surface area contributed by atoms with Gasteiger partial charge < -0.3 is 21.3 Å². The number of allylic oxidation sites excluding steroid dienone is 8. The fraction of sp³-hybridized carbons (Fsp3) is 0. The van der Waals surface area contributed by atoms with Crippen LogP contribution in [-0.4, -0.2) is 16.8 Å². The molecule has 4 N–H and O–H groups in total. The van der Waals surface area contributed by atoms with Crippen LogP contribution in [0.2, 0.25) is 5.02 Å². The van der Waals surface area contributed by atoms with Gasteiger partial charge in [-0.2, -0.15) is 0 Å². The van der Waals surface area contributed by atoms with Crippen LogP contribution in [0.5, 0.6) is 0 Å². The molecule has 0 saturated heterocycles. The van der Waals surface area contributed by atoms with Gasteiger partial charge in [0.25, 0.3) is 11.8 Å². The van der Waals surface area contributed by atoms with E-state index in [0.717, 1.165) is 11.1 Å². The van der Waals surface area contributed by atoms with E-state index in [0.29, 0.717) is 38.8 Å². The molecule has 3 aromatic rings. The molecule has 0 bridgehead atoms. The molecular weight excluding hydrogens is 616 g/mol. The first kappa shape index (κ1) is 33.9. The number of pyridine rings is 1. The summed E-state index contributed by atoms with van der Waals surface area (Å²) >= 11 is 5.97. The quantitative estimate of drug-likeness (QED) is 0.223. The third-order valence-electron chi connectivity index (χ3n) is 5.94. The SMILES string of the molecule is Cl.Cl.Cl.O=C(Nc1ccc(C(=O)Nc2ccc(Cl)cn2)c(C2=CC=CNC=C2)c1C1=CC=CNC=C1)c1ccccc1. The van der Waals surface area contributed by atoms with Crippen LogP contribution in [0, 0.1) is 0 Å². The highest BCUT2D eigenvalue weighted by atomic mass is 35.5. The number of benzene rings is 2. The minimum Gasteiger partial charge on any atom is -0.368 e. The first-order chi connectivity index (χ1) is 19.1. The van der Waals surface area contributed by atoms with Gasteiger partial charge in [0, 0.05) is 58.9 Å². The number of hydrogen-bond donors (Lipinski definition) is 4. The number of aromatic nitrogens is 1. The van der Waals surface area contributed by atoms with Crippen LogP contribution in [0.15, 0.2) is 122 Å². The maximum Gasteiger partial charge on any atom is 0.257 e. The summed E-state index contributed by atoms with van der Waals surface area (Å²) in [6.45, 7) is 0. The highest BCUT2D eigenvalue weighted by Crippen LogP contribution is 2.37. The van der Waals surface area contributed by atoms with Crippen LogP contribution < -0.4 is 21.3 Å². The van der Waals surface area contributed by atoms with Crippen molar-refractivity contribution in [1.29, 1.82) is 0 Å². The van der Waals surface area contributed by atoms with E-state index in [2.05, 4.69) is 26.3 Å². The van der Waals surface area contributed by atoms with Crippen LogP contribution in [0.1, 0.15) is 31.8 Å². The second-order valence-electron chi connectivity index (χ2n) is 8.51. The molecule has 0 unspecified atom stereocenters. The Kier molecular flexibility index (Phi) is 13.1. The predicted molar refractivity (Wildman–Crippen MR) is 179 cm³/mol. The molecule has 42 heavy (non-hydrogen) atoms. The number of rotatable bonds is 6. The van der Waals surface area contributed by atoms with Crippen molar-refractivity contribution in [2.75, 3.05) is 10.6 Å². The number of anilines is 2. The zero-order valence-electron chi connectivity index (χ0n) is 21.9. The lowest BCUT2D eigenvalue weighted by Gasteiger charge is -2.21. The van der Waals surface area contributed by atoms with Gasteiger partial charge in [0.1, 0.15) is 5.82 Å². The van der Waals surface area contributed by atoms with Gasteiger partial charge in [-0.05, 0) is 71.8 Å². The molecule has 0 radical (unpaired) electrons. The fourth-order valence-electron chi connectivity index (χ4n) is 4.16. The number of carbonyl (C=O) groups excluding carboxylic acids is 2. The summed E-state index contributed by atoms with van der Waals surface area (Å²) in [6.07, 6.45) is 20.0. The summed E-state index contributed by atoms with van der Waals surface area (Å²) in [7, 11) is 0. The first-order valence-corrected chi connectivity index (χ1v) is 12.5. The van der Waals surface area contributed by atoms with Crippen LogP contribution in [0.3, 0.4) is 0 Å². The second-order valence-corrected chi connectivity index (χ2v) is 8.95. The highest BCUT2D eigenvalue weighted by molar-refractivity contribution is 6.30. The zero-order valence-corrected chi connectivity index (χ0v) is 25.1. The van der Waals surface area contributed by atoms with Gasteiger partial charge in [-0.3, -0.25) is 9.59 Å². The molecule has 0 atom stereocenters. The number of hydrogen-bond acceptors (Lipinski definition) is 5. The minimum absolute atomic E-state index is 0. The summed E-state index contributed by atoms with van der Waals surface area (Å²) in [5.41, 5.74) is 4.38. The lowest BCUT2D eigenvalue weighted by Crippen LogP contribution is -2.18. The minimum atomic E-state index is -0.357. The number of amides is 2. The standard InChI is InChI=1S/C31H24ClN5O2.3ClH/c32-24-10-13-27(35-20-24)37-31(39)25-11-12-26(36-30(38)23-6-2-1-3-7-23)29(22-9-5-17-34-19-15-22)28(25)21-8-4-16-33-18-14-21;;;/h1-20,33-34H,(H,36,38)(H,35,37,39);3*1H. The average molecular weight is 643 g/mol. The molecule has 0 fully saturated rings. The number of carbonyl (C=O) groups is 2. The number of nitrogens with one attached hydrogen (secondary N) is 4. The smallest absolute Gasteiger partial charge is 0.257 e. The molecular formula is C31H27Cl4N5O2. The zero-order chi connectivity index (χ0) is 27.0. The topological polar surface area (TPSA) is 95.2 Å². The van der Waals surface area contributed by atoms with Crippen molar-refractivity contribution in [1.82, 2.24) is 15.6 Å². The van der Waals surface area contributed by atoms with Gasteiger partial charge in [-0.15, -0.1) is 37.2 Å². The molecule has 216 valence electrons. The maximum absolute atomic E-state index is 13.7. The molecule has 7 nitrogen and oxygen atoms in total. The Morgan fingerprint density at radius 1 is 0.690 bits per heavy atom. The Hall–Kier alpha value is -4.27. The predicted octanol–water partition coefficient (Wildman–Crippen LogP) is 7.53. The first-order valence-electron chi connectivity index (χ1n) is 12.2. The number of halogens is 4. The Labute approximate surface area is 267 Å². The lowest BCUT2D eigenvalue weighted by molar-refractivity contribution is 0.101. The van der Waals surface area contributed by atoms with Gasteiger partial charge in [0.15, 0.2) is 0 Å². The summed E-state index contributed by atoms with van der Waals surface area (Å²) in [4.78, 5) is 31.1. The monoisotopic (exact) mass is 641 g/mol. The van der Waals surface area contributed by atoms with Gasteiger partial charge in [0.2, 0.25) is 0 Å². The van der Waals surface area contributed by atoms with Crippen molar-refractivity contribution < 1.29 is 9.59 Å². The molecule has 0 aliphatic carbocycles. The van der Waals surface area contributed by atoms with E-state index in [1.807, 2.05) is 54.7 Å². The van der Waals surface area contributed by atoms with Crippen molar-refractivity contribution >= 4 is 83.3 Å². The van der Waals surface area contributed by atoms with E-state index >= 15 is 0 Å². The summed E-state index contributed by atoms with van der Waals surface area (Å²) in [5, 5.41) is 12.5. The third kappa shape index (κ3) is 8.15. The molecule has 2 amide bonds. The second kappa shape index (κ2) is 16.2. The fourth-order valence-corrected chi connectivity index (χ4v) is 4.27. The van der Waals surface area contributed by atoms with Gasteiger partial charge >= 0.3 is 0 Å². The Balaban J connectivity index is 0.00000205. The third-order valence-corrected chi connectivity index (χ3v) is 6.16.